The second-order valence-electron chi connectivity index (χ2n) is 7.16. The van der Waals surface area contributed by atoms with Gasteiger partial charge in [-0.1, -0.05) is 42.0 Å². The summed E-state index contributed by atoms with van der Waals surface area (Å²) in [5.41, 5.74) is 4.68. The van der Waals surface area contributed by atoms with E-state index < -0.39 is 4.92 Å². The Balaban J connectivity index is 1.79. The molecule has 6 nitrogen and oxygen atoms in total. The van der Waals surface area contributed by atoms with E-state index >= 15 is 0 Å². The molecule has 0 saturated carbocycles. The van der Waals surface area contributed by atoms with Gasteiger partial charge in [0.1, 0.15) is 11.5 Å². The molecular formula is C24H19N3O3. The summed E-state index contributed by atoms with van der Waals surface area (Å²) in [7, 11) is 0. The molecule has 1 amide bonds. The molecule has 0 saturated heterocycles. The van der Waals surface area contributed by atoms with Gasteiger partial charge in [0, 0.05) is 17.7 Å². The van der Waals surface area contributed by atoms with Crippen LogP contribution < -0.4 is 4.90 Å². The average Bonchev–Trinajstić information content (AvgIpc) is 3.05. The van der Waals surface area contributed by atoms with Gasteiger partial charge in [0.15, 0.2) is 0 Å². The number of carbonyl (C=O) groups is 1. The second kappa shape index (κ2) is 7.75. The second-order valence-corrected chi connectivity index (χ2v) is 7.16. The van der Waals surface area contributed by atoms with Gasteiger partial charge >= 0.3 is 0 Å². The fourth-order valence-corrected chi connectivity index (χ4v) is 3.27. The van der Waals surface area contributed by atoms with Gasteiger partial charge < -0.3 is 0 Å². The van der Waals surface area contributed by atoms with Crippen molar-refractivity contribution in [3.05, 3.63) is 111 Å². The third-order valence-corrected chi connectivity index (χ3v) is 4.84. The molecule has 1 aliphatic heterocycles. The molecule has 0 unspecified atom stereocenters. The number of anilines is 1. The first-order valence-electron chi connectivity index (χ1n) is 9.45. The van der Waals surface area contributed by atoms with E-state index in [0.29, 0.717) is 11.4 Å². The van der Waals surface area contributed by atoms with Crippen LogP contribution in [0.1, 0.15) is 22.3 Å². The van der Waals surface area contributed by atoms with Crippen molar-refractivity contribution in [2.45, 2.75) is 13.8 Å². The number of nitro benzene ring substituents is 1. The summed E-state index contributed by atoms with van der Waals surface area (Å²) < 4.78 is 0. The Morgan fingerprint density at radius 1 is 0.933 bits per heavy atom. The predicted octanol–water partition coefficient (Wildman–Crippen LogP) is 5.05. The number of aryl methyl sites for hydroxylation is 2. The Morgan fingerprint density at radius 3 is 2.27 bits per heavy atom. The third kappa shape index (κ3) is 3.75. The number of nitro groups is 1. The van der Waals surface area contributed by atoms with Gasteiger partial charge in [0.25, 0.3) is 11.6 Å². The summed E-state index contributed by atoms with van der Waals surface area (Å²) >= 11 is 0. The number of nitrogens with zero attached hydrogens (tertiary/aromatic N) is 3. The van der Waals surface area contributed by atoms with Crippen molar-refractivity contribution < 1.29 is 9.72 Å². The van der Waals surface area contributed by atoms with Crippen LogP contribution in [0.25, 0.3) is 6.08 Å². The monoisotopic (exact) mass is 397 g/mol. The van der Waals surface area contributed by atoms with Crippen molar-refractivity contribution in [1.82, 2.24) is 0 Å². The maximum absolute atomic E-state index is 13.3. The molecule has 0 atom stereocenters. The van der Waals surface area contributed by atoms with E-state index in [1.54, 1.807) is 23.1 Å². The summed E-state index contributed by atoms with van der Waals surface area (Å²) in [4.78, 5) is 29.9. The molecule has 0 aromatic heterocycles. The van der Waals surface area contributed by atoms with Gasteiger partial charge in [-0.25, -0.2) is 4.99 Å². The molecule has 3 aromatic rings. The number of amides is 1. The van der Waals surface area contributed by atoms with E-state index in [9.17, 15) is 14.9 Å². The van der Waals surface area contributed by atoms with Crippen LogP contribution in [0, 0.1) is 24.0 Å². The molecule has 4 rings (SSSR count). The summed E-state index contributed by atoms with van der Waals surface area (Å²) in [5.74, 6) is 0.313. The van der Waals surface area contributed by atoms with E-state index in [-0.39, 0.29) is 17.3 Å². The lowest BCUT2D eigenvalue weighted by Gasteiger charge is -2.19. The third-order valence-electron chi connectivity index (χ3n) is 4.84. The molecule has 3 aromatic carbocycles. The molecule has 0 bridgehead atoms. The van der Waals surface area contributed by atoms with Crippen LogP contribution in [0.5, 0.6) is 0 Å². The van der Waals surface area contributed by atoms with Gasteiger partial charge in [0.2, 0.25) is 0 Å². The van der Waals surface area contributed by atoms with Crippen LogP contribution in [-0.4, -0.2) is 16.7 Å². The molecule has 0 spiro atoms. The Labute approximate surface area is 174 Å². The van der Waals surface area contributed by atoms with Crippen molar-refractivity contribution in [2.75, 3.05) is 4.90 Å². The Bertz CT molecular complexity index is 1190. The molecule has 30 heavy (non-hydrogen) atoms. The van der Waals surface area contributed by atoms with Gasteiger partial charge in [-0.05, 0) is 55.3 Å². The average molecular weight is 397 g/mol. The van der Waals surface area contributed by atoms with Gasteiger partial charge in [-0.15, -0.1) is 0 Å². The highest BCUT2D eigenvalue weighted by Crippen LogP contribution is 2.29. The summed E-state index contributed by atoms with van der Waals surface area (Å²) in [6.07, 6.45) is 1.65. The minimum absolute atomic E-state index is 0.000122. The van der Waals surface area contributed by atoms with E-state index in [2.05, 4.69) is 4.99 Å². The predicted molar refractivity (Wildman–Crippen MR) is 117 cm³/mol. The first kappa shape index (κ1) is 19.3. The first-order valence-corrected chi connectivity index (χ1v) is 9.45. The minimum Gasteiger partial charge on any atom is -0.266 e. The van der Waals surface area contributed by atoms with E-state index in [4.69, 9.17) is 0 Å². The van der Waals surface area contributed by atoms with Gasteiger partial charge in [0.05, 0.1) is 10.6 Å². The Morgan fingerprint density at radius 2 is 1.63 bits per heavy atom. The van der Waals surface area contributed by atoms with E-state index in [1.807, 2.05) is 62.4 Å². The molecular weight excluding hydrogens is 378 g/mol. The molecule has 1 aliphatic rings. The van der Waals surface area contributed by atoms with Crippen LogP contribution in [0.3, 0.4) is 0 Å². The maximum Gasteiger partial charge on any atom is 0.282 e. The van der Waals surface area contributed by atoms with Gasteiger partial charge in [-0.3, -0.25) is 19.8 Å². The largest absolute Gasteiger partial charge is 0.282 e. The maximum atomic E-state index is 13.3. The Hall–Kier alpha value is -4.06. The molecule has 0 fully saturated rings. The van der Waals surface area contributed by atoms with Crippen LogP contribution in [0.4, 0.5) is 11.4 Å². The zero-order chi connectivity index (χ0) is 21.3. The number of aliphatic imine (C=N–C) groups is 1. The van der Waals surface area contributed by atoms with E-state index in [0.717, 1.165) is 22.4 Å². The SMILES string of the molecule is Cc1ccc(C2=N/C(=C/c3ccc([N+](=O)[O-])cc3)C(=O)N2c2cccc(C)c2)cc1. The van der Waals surface area contributed by atoms with Crippen LogP contribution in [-0.2, 0) is 4.79 Å². The van der Waals surface area contributed by atoms with Crippen molar-refractivity contribution in [3.8, 4) is 0 Å². The zero-order valence-electron chi connectivity index (χ0n) is 16.6. The molecule has 0 N–H and O–H groups in total. The highest BCUT2D eigenvalue weighted by atomic mass is 16.6. The standard InChI is InChI=1S/C24H19N3O3/c1-16-6-10-19(11-7-16)23-25-22(15-18-8-12-20(13-9-18)27(29)30)24(28)26(23)21-5-3-4-17(2)14-21/h3-15H,1-2H3/b22-15+. The van der Waals surface area contributed by atoms with Crippen molar-refractivity contribution >= 4 is 29.2 Å². The van der Waals surface area contributed by atoms with E-state index in [1.165, 1.54) is 12.1 Å². The molecule has 0 aliphatic carbocycles. The number of hydrogen-bond acceptors (Lipinski definition) is 4. The van der Waals surface area contributed by atoms with Crippen LogP contribution in [0.15, 0.2) is 83.5 Å². The lowest BCUT2D eigenvalue weighted by Crippen LogP contribution is -2.32. The molecule has 1 heterocycles. The highest BCUT2D eigenvalue weighted by Gasteiger charge is 2.32. The Kier molecular flexibility index (Phi) is 4.98. The number of hydrogen-bond donors (Lipinski definition) is 0. The van der Waals surface area contributed by atoms with Gasteiger partial charge in [-0.2, -0.15) is 0 Å². The fourth-order valence-electron chi connectivity index (χ4n) is 3.27. The highest BCUT2D eigenvalue weighted by molar-refractivity contribution is 6.33. The van der Waals surface area contributed by atoms with Crippen LogP contribution in [0.2, 0.25) is 0 Å². The zero-order valence-corrected chi connectivity index (χ0v) is 16.6. The first-order chi connectivity index (χ1) is 14.4. The summed E-state index contributed by atoms with van der Waals surface area (Å²) in [5, 5.41) is 10.9. The van der Waals surface area contributed by atoms with Crippen molar-refractivity contribution in [1.29, 1.82) is 0 Å². The quantitative estimate of drug-likeness (QED) is 0.351. The molecule has 6 heteroatoms. The lowest BCUT2D eigenvalue weighted by atomic mass is 10.1. The minimum atomic E-state index is -0.454. The number of benzene rings is 3. The molecule has 0 radical (unpaired) electrons. The normalized spacial score (nSPS) is 14.9. The topological polar surface area (TPSA) is 75.8 Å². The van der Waals surface area contributed by atoms with Crippen molar-refractivity contribution in [2.24, 2.45) is 4.99 Å². The number of carbonyl (C=O) groups excluding carboxylic acids is 1. The summed E-state index contributed by atoms with van der Waals surface area (Å²) in [6.45, 7) is 3.98. The number of non-ortho nitro benzene ring substituents is 1. The smallest absolute Gasteiger partial charge is 0.266 e. The van der Waals surface area contributed by atoms with Crippen LogP contribution >= 0.6 is 0 Å². The number of rotatable bonds is 4. The molecule has 148 valence electrons. The summed E-state index contributed by atoms with van der Waals surface area (Å²) in [6, 6.07) is 21.6. The lowest BCUT2D eigenvalue weighted by molar-refractivity contribution is -0.384. The number of amidine groups is 1. The van der Waals surface area contributed by atoms with Crippen molar-refractivity contribution in [3.63, 3.8) is 0 Å². The fraction of sp³-hybridized carbons (Fsp3) is 0.0833.